The lowest BCUT2D eigenvalue weighted by Crippen LogP contribution is -2.56. The number of alkyl halides is 1. The summed E-state index contributed by atoms with van der Waals surface area (Å²) in [7, 11) is 0. The Morgan fingerprint density at radius 3 is 2.83 bits per heavy atom. The third-order valence-electron chi connectivity index (χ3n) is 3.89. The highest BCUT2D eigenvalue weighted by atomic mass is 79.9. The second kappa shape index (κ2) is 4.89. The van der Waals surface area contributed by atoms with Gasteiger partial charge in [-0.25, -0.2) is 0 Å². The number of carbonyl (C=O) groups excluding carboxylic acids is 1. The number of nitrogens with one attached hydrogen (secondary N) is 1. The van der Waals surface area contributed by atoms with Crippen LogP contribution >= 0.6 is 27.7 Å². The number of halogens is 1. The molecule has 96 valence electrons. The number of carbonyl (C=O) groups is 1. The number of fused-ring (bicyclic) bond motifs is 1. The van der Waals surface area contributed by atoms with Crippen LogP contribution in [0.15, 0.2) is 29.2 Å². The molecule has 1 aliphatic carbocycles. The topological polar surface area (TPSA) is 29.1 Å². The van der Waals surface area contributed by atoms with E-state index in [0.717, 1.165) is 24.6 Å². The summed E-state index contributed by atoms with van der Waals surface area (Å²) in [5, 5.41) is 4.18. The predicted octanol–water partition coefficient (Wildman–Crippen LogP) is 3.14. The largest absolute Gasteiger partial charge is 0.349 e. The van der Waals surface area contributed by atoms with Gasteiger partial charge < -0.3 is 5.32 Å². The van der Waals surface area contributed by atoms with Crippen LogP contribution in [-0.2, 0) is 11.2 Å². The molecular formula is C14H16BrNOS. The Balaban J connectivity index is 1.66. The monoisotopic (exact) mass is 325 g/mol. The van der Waals surface area contributed by atoms with Gasteiger partial charge in [0, 0.05) is 15.8 Å². The van der Waals surface area contributed by atoms with Crippen molar-refractivity contribution in [3.05, 3.63) is 29.8 Å². The van der Waals surface area contributed by atoms with Crippen molar-refractivity contribution in [1.82, 2.24) is 5.32 Å². The minimum Gasteiger partial charge on any atom is -0.349 e. The molecule has 0 bridgehead atoms. The molecule has 18 heavy (non-hydrogen) atoms. The van der Waals surface area contributed by atoms with E-state index in [1.165, 1.54) is 16.9 Å². The molecule has 1 amide bonds. The zero-order valence-corrected chi connectivity index (χ0v) is 12.5. The van der Waals surface area contributed by atoms with Gasteiger partial charge in [-0.05, 0) is 37.3 Å². The highest BCUT2D eigenvalue weighted by molar-refractivity contribution is 9.09. The number of rotatable bonds is 3. The summed E-state index contributed by atoms with van der Waals surface area (Å²) >= 11 is 5.23. The minimum absolute atomic E-state index is 0.0341. The lowest BCUT2D eigenvalue weighted by Gasteiger charge is -2.41. The van der Waals surface area contributed by atoms with E-state index < -0.39 is 0 Å². The molecule has 1 aromatic carbocycles. The van der Waals surface area contributed by atoms with Crippen molar-refractivity contribution in [3.63, 3.8) is 0 Å². The molecule has 3 rings (SSSR count). The summed E-state index contributed by atoms with van der Waals surface area (Å²) in [4.78, 5) is 13.6. The van der Waals surface area contributed by atoms with Gasteiger partial charge in [-0.15, -0.1) is 11.8 Å². The van der Waals surface area contributed by atoms with Gasteiger partial charge in [0.15, 0.2) is 0 Å². The summed E-state index contributed by atoms with van der Waals surface area (Å²) in [5.41, 5.74) is 1.34. The summed E-state index contributed by atoms with van der Waals surface area (Å²) in [5.74, 6) is 0.204. The summed E-state index contributed by atoms with van der Waals surface area (Å²) in [6.45, 7) is 0. The van der Waals surface area contributed by atoms with E-state index in [1.807, 2.05) is 12.1 Å². The molecule has 1 unspecified atom stereocenters. The van der Waals surface area contributed by atoms with Crippen molar-refractivity contribution in [1.29, 1.82) is 0 Å². The first kappa shape index (κ1) is 12.5. The quantitative estimate of drug-likeness (QED) is 0.865. The van der Waals surface area contributed by atoms with Crippen molar-refractivity contribution in [2.24, 2.45) is 0 Å². The van der Waals surface area contributed by atoms with E-state index in [0.29, 0.717) is 0 Å². The average molecular weight is 326 g/mol. The van der Waals surface area contributed by atoms with Crippen molar-refractivity contribution >= 4 is 33.6 Å². The van der Waals surface area contributed by atoms with Crippen LogP contribution in [0.1, 0.15) is 24.8 Å². The van der Waals surface area contributed by atoms with Crippen molar-refractivity contribution in [2.75, 3.05) is 5.33 Å². The lowest BCUT2D eigenvalue weighted by atomic mass is 9.78. The van der Waals surface area contributed by atoms with Gasteiger partial charge in [0.25, 0.3) is 0 Å². The van der Waals surface area contributed by atoms with Crippen LogP contribution in [0.25, 0.3) is 0 Å². The molecule has 1 atom stereocenters. The second-order valence-electron chi connectivity index (χ2n) is 5.18. The molecule has 1 heterocycles. The molecule has 1 aromatic rings. The Bertz CT molecular complexity index is 442. The molecule has 1 aliphatic heterocycles. The Morgan fingerprint density at radius 1 is 1.44 bits per heavy atom. The maximum atomic E-state index is 12.3. The van der Waals surface area contributed by atoms with Gasteiger partial charge in [-0.1, -0.05) is 34.1 Å². The van der Waals surface area contributed by atoms with Crippen LogP contribution < -0.4 is 5.32 Å². The number of thioether (sulfide) groups is 1. The first-order chi connectivity index (χ1) is 8.72. The molecule has 4 heteroatoms. The molecule has 2 nitrogen and oxygen atoms in total. The molecule has 0 spiro atoms. The summed E-state index contributed by atoms with van der Waals surface area (Å²) < 4.78 is 0. The Hall–Kier alpha value is -0.480. The Morgan fingerprint density at radius 2 is 2.22 bits per heavy atom. The number of amides is 1. The fourth-order valence-electron chi connectivity index (χ4n) is 2.57. The molecule has 1 fully saturated rings. The average Bonchev–Trinajstić information content (AvgIpc) is 2.77. The highest BCUT2D eigenvalue weighted by Crippen LogP contribution is 2.38. The molecule has 2 aliphatic rings. The van der Waals surface area contributed by atoms with E-state index in [4.69, 9.17) is 0 Å². The van der Waals surface area contributed by atoms with Gasteiger partial charge in [-0.3, -0.25) is 4.79 Å². The molecule has 0 radical (unpaired) electrons. The molecule has 0 aromatic heterocycles. The number of hydrogen-bond donors (Lipinski definition) is 1. The van der Waals surface area contributed by atoms with E-state index >= 15 is 0 Å². The van der Waals surface area contributed by atoms with E-state index in [-0.39, 0.29) is 16.7 Å². The van der Waals surface area contributed by atoms with Crippen LogP contribution in [0.5, 0.6) is 0 Å². The van der Waals surface area contributed by atoms with Crippen LogP contribution in [0.4, 0.5) is 0 Å². The number of hydrogen-bond acceptors (Lipinski definition) is 2. The van der Waals surface area contributed by atoms with E-state index in [9.17, 15) is 4.79 Å². The molecule has 1 saturated carbocycles. The van der Waals surface area contributed by atoms with Gasteiger partial charge in [0.05, 0.1) is 5.25 Å². The maximum Gasteiger partial charge on any atom is 0.234 e. The van der Waals surface area contributed by atoms with Crippen molar-refractivity contribution in [3.8, 4) is 0 Å². The smallest absolute Gasteiger partial charge is 0.234 e. The summed E-state index contributed by atoms with van der Waals surface area (Å²) in [6.07, 6.45) is 4.30. The zero-order chi connectivity index (χ0) is 12.6. The summed E-state index contributed by atoms with van der Waals surface area (Å²) in [6, 6.07) is 8.32. The first-order valence-corrected chi connectivity index (χ1v) is 8.35. The third kappa shape index (κ3) is 2.21. The van der Waals surface area contributed by atoms with Crippen LogP contribution in [0, 0.1) is 0 Å². The van der Waals surface area contributed by atoms with E-state index in [1.54, 1.807) is 11.8 Å². The third-order valence-corrected chi connectivity index (χ3v) is 6.29. The van der Waals surface area contributed by atoms with Crippen LogP contribution in [-0.4, -0.2) is 22.0 Å². The second-order valence-corrected chi connectivity index (χ2v) is 6.98. The van der Waals surface area contributed by atoms with Gasteiger partial charge in [0.1, 0.15) is 0 Å². The minimum atomic E-state index is 0.0341. The predicted molar refractivity (Wildman–Crippen MR) is 78.3 cm³/mol. The normalized spacial score (nSPS) is 24.2. The van der Waals surface area contributed by atoms with Gasteiger partial charge in [-0.2, -0.15) is 0 Å². The van der Waals surface area contributed by atoms with E-state index in [2.05, 4.69) is 33.4 Å². The zero-order valence-electron chi connectivity index (χ0n) is 10.1. The fraction of sp³-hybridized carbons (Fsp3) is 0.500. The van der Waals surface area contributed by atoms with Crippen molar-refractivity contribution in [2.45, 2.75) is 41.4 Å². The molecule has 0 saturated heterocycles. The SMILES string of the molecule is O=C(NC1(CBr)CCC1)C1Cc2ccccc2S1. The molecule has 1 N–H and O–H groups in total. The first-order valence-electron chi connectivity index (χ1n) is 6.35. The maximum absolute atomic E-state index is 12.3. The van der Waals surface area contributed by atoms with Gasteiger partial charge in [0.2, 0.25) is 5.91 Å². The van der Waals surface area contributed by atoms with Crippen molar-refractivity contribution < 1.29 is 4.79 Å². The van der Waals surface area contributed by atoms with Crippen LogP contribution in [0.2, 0.25) is 0 Å². The highest BCUT2D eigenvalue weighted by Gasteiger charge is 2.39. The Kier molecular flexibility index (Phi) is 3.41. The standard InChI is InChI=1S/C14H16BrNOS/c15-9-14(6-3-7-14)16-13(17)12-8-10-4-1-2-5-11(10)18-12/h1-2,4-5,12H,3,6-9H2,(H,16,17). The fourth-order valence-corrected chi connectivity index (χ4v) is 4.46. The molecular weight excluding hydrogens is 310 g/mol. The lowest BCUT2D eigenvalue weighted by molar-refractivity contribution is -0.123. The van der Waals surface area contributed by atoms with Gasteiger partial charge >= 0.3 is 0 Å². The Labute approximate surface area is 120 Å². The van der Waals surface area contributed by atoms with Crippen LogP contribution in [0.3, 0.4) is 0 Å². The number of benzene rings is 1.